The van der Waals surface area contributed by atoms with Gasteiger partial charge in [-0.25, -0.2) is 0 Å². The first kappa shape index (κ1) is 12.0. The smallest absolute Gasteiger partial charge is 0.119 e. The fourth-order valence-electron chi connectivity index (χ4n) is 3.78. The predicted molar refractivity (Wildman–Crippen MR) is 73.5 cm³/mol. The standard InChI is InChI=1S/C16H23NO/c1-2-18-12-7-5-6-11(10-12)16(17)15-13-8-3-4-9-14(13)15/h5-7,10,13-16H,2-4,8-9,17H2,1H3. The molecule has 2 aliphatic rings. The molecule has 2 aliphatic carbocycles. The lowest BCUT2D eigenvalue weighted by atomic mass is 10.0. The van der Waals surface area contributed by atoms with Crippen molar-refractivity contribution in [2.45, 2.75) is 38.6 Å². The Morgan fingerprint density at radius 2 is 2.00 bits per heavy atom. The summed E-state index contributed by atoms with van der Waals surface area (Å²) in [5.41, 5.74) is 7.72. The zero-order valence-electron chi connectivity index (χ0n) is 11.1. The van der Waals surface area contributed by atoms with E-state index in [4.69, 9.17) is 10.5 Å². The minimum Gasteiger partial charge on any atom is -0.494 e. The Morgan fingerprint density at radius 1 is 1.28 bits per heavy atom. The molecular weight excluding hydrogens is 222 g/mol. The van der Waals surface area contributed by atoms with Crippen LogP contribution in [0.4, 0.5) is 0 Å². The highest BCUT2D eigenvalue weighted by Gasteiger charge is 2.53. The number of ether oxygens (including phenoxy) is 1. The lowest BCUT2D eigenvalue weighted by Gasteiger charge is -2.13. The molecule has 0 aromatic heterocycles. The van der Waals surface area contributed by atoms with Crippen molar-refractivity contribution in [1.82, 2.24) is 0 Å². The first-order chi connectivity index (χ1) is 8.81. The molecule has 2 N–H and O–H groups in total. The third kappa shape index (κ3) is 2.14. The van der Waals surface area contributed by atoms with Gasteiger partial charge in [-0.1, -0.05) is 25.0 Å². The summed E-state index contributed by atoms with van der Waals surface area (Å²) in [6.45, 7) is 2.73. The van der Waals surface area contributed by atoms with E-state index in [9.17, 15) is 0 Å². The van der Waals surface area contributed by atoms with E-state index < -0.39 is 0 Å². The van der Waals surface area contributed by atoms with Crippen molar-refractivity contribution in [3.8, 4) is 5.75 Å². The fourth-order valence-corrected chi connectivity index (χ4v) is 3.78. The molecule has 3 atom stereocenters. The van der Waals surface area contributed by atoms with Crippen LogP contribution >= 0.6 is 0 Å². The predicted octanol–water partition coefficient (Wildman–Crippen LogP) is 3.52. The largest absolute Gasteiger partial charge is 0.494 e. The van der Waals surface area contributed by atoms with Crippen LogP contribution in [0.2, 0.25) is 0 Å². The van der Waals surface area contributed by atoms with E-state index in [1.807, 2.05) is 13.0 Å². The van der Waals surface area contributed by atoms with Gasteiger partial charge in [-0.2, -0.15) is 0 Å². The molecule has 0 saturated heterocycles. The summed E-state index contributed by atoms with van der Waals surface area (Å²) >= 11 is 0. The maximum absolute atomic E-state index is 6.47. The average Bonchev–Trinajstić information content (AvgIpc) is 3.13. The van der Waals surface area contributed by atoms with Gasteiger partial charge >= 0.3 is 0 Å². The molecule has 3 unspecified atom stereocenters. The molecule has 0 bridgehead atoms. The number of hydrogen-bond donors (Lipinski definition) is 1. The molecule has 2 heteroatoms. The van der Waals surface area contributed by atoms with Crippen LogP contribution in [0.1, 0.15) is 44.2 Å². The van der Waals surface area contributed by atoms with Crippen molar-refractivity contribution in [3.05, 3.63) is 29.8 Å². The van der Waals surface area contributed by atoms with Gasteiger partial charge < -0.3 is 10.5 Å². The molecule has 0 spiro atoms. The van der Waals surface area contributed by atoms with Gasteiger partial charge in [0.2, 0.25) is 0 Å². The summed E-state index contributed by atoms with van der Waals surface area (Å²) in [4.78, 5) is 0. The highest BCUT2D eigenvalue weighted by Crippen LogP contribution is 2.59. The highest BCUT2D eigenvalue weighted by molar-refractivity contribution is 5.32. The SMILES string of the molecule is CCOc1cccc(C(N)C2C3CCCCC32)c1. The minimum absolute atomic E-state index is 0.207. The van der Waals surface area contributed by atoms with Crippen molar-refractivity contribution in [2.75, 3.05) is 6.61 Å². The molecule has 3 rings (SSSR count). The van der Waals surface area contributed by atoms with Crippen LogP contribution in [-0.2, 0) is 0 Å². The van der Waals surface area contributed by atoms with Gasteiger partial charge in [-0.05, 0) is 55.2 Å². The molecule has 0 aliphatic heterocycles. The van der Waals surface area contributed by atoms with Crippen LogP contribution in [0.3, 0.4) is 0 Å². The van der Waals surface area contributed by atoms with Crippen LogP contribution in [0.25, 0.3) is 0 Å². The molecule has 0 amide bonds. The summed E-state index contributed by atoms with van der Waals surface area (Å²) in [6.07, 6.45) is 5.61. The monoisotopic (exact) mass is 245 g/mol. The van der Waals surface area contributed by atoms with Gasteiger partial charge in [-0.3, -0.25) is 0 Å². The second kappa shape index (κ2) is 4.93. The normalized spacial score (nSPS) is 31.6. The number of rotatable bonds is 4. The summed E-state index contributed by atoms with van der Waals surface area (Å²) < 4.78 is 5.56. The summed E-state index contributed by atoms with van der Waals surface area (Å²) in [5.74, 6) is 3.49. The molecule has 18 heavy (non-hydrogen) atoms. The molecule has 1 aromatic carbocycles. The fraction of sp³-hybridized carbons (Fsp3) is 0.625. The molecule has 0 heterocycles. The number of hydrogen-bond acceptors (Lipinski definition) is 2. The lowest BCUT2D eigenvalue weighted by molar-refractivity contribution is 0.339. The van der Waals surface area contributed by atoms with E-state index in [0.717, 1.165) is 23.5 Å². The summed E-state index contributed by atoms with van der Waals surface area (Å²) in [5, 5.41) is 0. The Bertz CT molecular complexity index is 405. The number of nitrogens with two attached hydrogens (primary N) is 1. The van der Waals surface area contributed by atoms with E-state index in [2.05, 4.69) is 18.2 Å². The maximum Gasteiger partial charge on any atom is 0.119 e. The van der Waals surface area contributed by atoms with E-state index in [1.165, 1.54) is 31.2 Å². The quantitative estimate of drug-likeness (QED) is 0.881. The number of benzene rings is 1. The van der Waals surface area contributed by atoms with E-state index in [-0.39, 0.29) is 6.04 Å². The first-order valence-electron chi connectivity index (χ1n) is 7.29. The first-order valence-corrected chi connectivity index (χ1v) is 7.29. The van der Waals surface area contributed by atoms with Crippen molar-refractivity contribution < 1.29 is 4.74 Å². The van der Waals surface area contributed by atoms with Crippen molar-refractivity contribution in [2.24, 2.45) is 23.5 Å². The van der Waals surface area contributed by atoms with Gasteiger partial charge in [0.15, 0.2) is 0 Å². The highest BCUT2D eigenvalue weighted by atomic mass is 16.5. The molecule has 0 radical (unpaired) electrons. The van der Waals surface area contributed by atoms with Gasteiger partial charge in [-0.15, -0.1) is 0 Å². The van der Waals surface area contributed by atoms with Gasteiger partial charge in [0.1, 0.15) is 5.75 Å². The Labute approximate surface area is 110 Å². The third-order valence-electron chi connectivity index (χ3n) is 4.69. The van der Waals surface area contributed by atoms with Gasteiger partial charge in [0.25, 0.3) is 0 Å². The lowest BCUT2D eigenvalue weighted by Crippen LogP contribution is -2.14. The molecular formula is C16H23NO. The molecule has 1 aromatic rings. The summed E-state index contributed by atoms with van der Waals surface area (Å²) in [6, 6.07) is 8.56. The molecule has 2 fully saturated rings. The molecule has 98 valence electrons. The zero-order valence-corrected chi connectivity index (χ0v) is 11.1. The maximum atomic E-state index is 6.47. The van der Waals surface area contributed by atoms with Crippen LogP contribution < -0.4 is 10.5 Å². The van der Waals surface area contributed by atoms with E-state index in [0.29, 0.717) is 6.61 Å². The van der Waals surface area contributed by atoms with Crippen molar-refractivity contribution in [1.29, 1.82) is 0 Å². The van der Waals surface area contributed by atoms with Crippen molar-refractivity contribution in [3.63, 3.8) is 0 Å². The zero-order chi connectivity index (χ0) is 12.5. The van der Waals surface area contributed by atoms with Crippen molar-refractivity contribution >= 4 is 0 Å². The molecule has 2 nitrogen and oxygen atoms in total. The Hall–Kier alpha value is -1.02. The topological polar surface area (TPSA) is 35.2 Å². The van der Waals surface area contributed by atoms with E-state index in [1.54, 1.807) is 0 Å². The second-order valence-electron chi connectivity index (χ2n) is 5.72. The van der Waals surface area contributed by atoms with Gasteiger partial charge in [0, 0.05) is 6.04 Å². The summed E-state index contributed by atoms with van der Waals surface area (Å²) in [7, 11) is 0. The van der Waals surface area contributed by atoms with Crippen LogP contribution in [0, 0.1) is 17.8 Å². The third-order valence-corrected chi connectivity index (χ3v) is 4.69. The minimum atomic E-state index is 0.207. The Morgan fingerprint density at radius 3 is 2.67 bits per heavy atom. The second-order valence-corrected chi connectivity index (χ2v) is 5.72. The number of fused-ring (bicyclic) bond motifs is 1. The van der Waals surface area contributed by atoms with Crippen LogP contribution in [-0.4, -0.2) is 6.61 Å². The van der Waals surface area contributed by atoms with Crippen LogP contribution in [0.5, 0.6) is 5.75 Å². The van der Waals surface area contributed by atoms with E-state index >= 15 is 0 Å². The van der Waals surface area contributed by atoms with Crippen LogP contribution in [0.15, 0.2) is 24.3 Å². The van der Waals surface area contributed by atoms with Gasteiger partial charge in [0.05, 0.1) is 6.61 Å². The molecule has 2 saturated carbocycles. The average molecular weight is 245 g/mol. The Balaban J connectivity index is 1.72. The Kier molecular flexibility index (Phi) is 3.29.